The molecule has 0 saturated carbocycles. The van der Waals surface area contributed by atoms with Crippen molar-refractivity contribution < 1.29 is 9.90 Å². The van der Waals surface area contributed by atoms with E-state index >= 15 is 0 Å². The molecular formula is C4H13N3O2. The van der Waals surface area contributed by atoms with Crippen LogP contribution in [0.4, 0.5) is 0 Å². The van der Waals surface area contributed by atoms with Crippen LogP contribution in [-0.4, -0.2) is 24.2 Å². The Morgan fingerprint density at radius 3 is 2.11 bits per heavy atom. The lowest BCUT2D eigenvalue weighted by atomic mass is 10.7. The van der Waals surface area contributed by atoms with Gasteiger partial charge in [-0.1, -0.05) is 0 Å². The second-order valence-corrected chi connectivity index (χ2v) is 1.29. The van der Waals surface area contributed by atoms with Gasteiger partial charge in [0.1, 0.15) is 0 Å². The molecule has 0 atom stereocenters. The van der Waals surface area contributed by atoms with E-state index in [1.807, 2.05) is 0 Å². The van der Waals surface area contributed by atoms with Crippen molar-refractivity contribution in [2.24, 2.45) is 11.6 Å². The fourth-order valence-electron chi connectivity index (χ4n) is 0.0645. The van der Waals surface area contributed by atoms with Crippen LogP contribution in [-0.2, 0) is 4.79 Å². The molecule has 0 bridgehead atoms. The molecule has 0 radical (unpaired) electrons. The Bertz CT molecular complexity index is 60.8. The van der Waals surface area contributed by atoms with Gasteiger partial charge in [-0.05, 0) is 0 Å². The molecule has 0 aromatic heterocycles. The lowest BCUT2D eigenvalue weighted by molar-refractivity contribution is -0.115. The van der Waals surface area contributed by atoms with Gasteiger partial charge in [0, 0.05) is 13.5 Å². The predicted octanol–water partition coefficient (Wildman–Crippen LogP) is -2.07. The molecule has 0 aromatic rings. The van der Waals surface area contributed by atoms with Crippen LogP contribution < -0.4 is 17.0 Å². The van der Waals surface area contributed by atoms with Crippen molar-refractivity contribution in [3.8, 4) is 0 Å². The van der Waals surface area contributed by atoms with Crippen LogP contribution in [0.25, 0.3) is 0 Å². The zero-order chi connectivity index (χ0) is 7.70. The van der Waals surface area contributed by atoms with Gasteiger partial charge in [0.05, 0.1) is 6.61 Å². The summed E-state index contributed by atoms with van der Waals surface area (Å²) in [5.74, 6) is 4.40. The molecule has 0 heterocycles. The van der Waals surface area contributed by atoms with Crippen LogP contribution >= 0.6 is 0 Å². The molecule has 0 unspecified atom stereocenters. The summed E-state index contributed by atoms with van der Waals surface area (Å²) in [6.07, 6.45) is 0. The van der Waals surface area contributed by atoms with Crippen LogP contribution in [0, 0.1) is 0 Å². The van der Waals surface area contributed by atoms with E-state index < -0.39 is 0 Å². The zero-order valence-corrected chi connectivity index (χ0v) is 5.42. The highest BCUT2D eigenvalue weighted by atomic mass is 16.3. The summed E-state index contributed by atoms with van der Waals surface area (Å²) in [4.78, 5) is 9.22. The third kappa shape index (κ3) is 115. The first-order valence-corrected chi connectivity index (χ1v) is 2.45. The molecule has 0 spiro atoms. The van der Waals surface area contributed by atoms with E-state index in [-0.39, 0.29) is 12.5 Å². The van der Waals surface area contributed by atoms with Gasteiger partial charge >= 0.3 is 0 Å². The predicted molar refractivity (Wildman–Crippen MR) is 34.1 cm³/mol. The van der Waals surface area contributed by atoms with Gasteiger partial charge < -0.3 is 10.8 Å². The third-order valence-electron chi connectivity index (χ3n) is 0.256. The molecule has 5 heteroatoms. The van der Waals surface area contributed by atoms with E-state index in [0.717, 1.165) is 0 Å². The monoisotopic (exact) mass is 135 g/mol. The van der Waals surface area contributed by atoms with Crippen molar-refractivity contribution in [2.45, 2.75) is 6.92 Å². The first-order valence-electron chi connectivity index (χ1n) is 2.45. The quantitative estimate of drug-likeness (QED) is 0.258. The molecule has 0 aliphatic heterocycles. The molecule has 56 valence electrons. The maximum atomic E-state index is 9.22. The molecule has 0 rings (SSSR count). The summed E-state index contributed by atoms with van der Waals surface area (Å²) in [6, 6.07) is 0. The van der Waals surface area contributed by atoms with Gasteiger partial charge in [0.15, 0.2) is 0 Å². The summed E-state index contributed by atoms with van der Waals surface area (Å²) in [6.45, 7) is 1.89. The number of nitrogens with one attached hydrogen (secondary N) is 1. The highest BCUT2D eigenvalue weighted by Crippen LogP contribution is 1.39. The number of rotatable bonds is 2. The molecule has 9 heavy (non-hydrogen) atoms. The van der Waals surface area contributed by atoms with Crippen LogP contribution in [0.2, 0.25) is 0 Å². The minimum Gasteiger partial charge on any atom is -0.395 e. The topological polar surface area (TPSA) is 101 Å². The Balaban J connectivity index is 0. The molecule has 0 saturated heterocycles. The number of hydrazine groups is 1. The summed E-state index contributed by atoms with van der Waals surface area (Å²) in [5, 5.41) is 7.92. The molecule has 5 nitrogen and oxygen atoms in total. The summed E-state index contributed by atoms with van der Waals surface area (Å²) in [5.41, 5.74) is 6.74. The Morgan fingerprint density at radius 2 is 2.11 bits per heavy atom. The van der Waals surface area contributed by atoms with Gasteiger partial charge in [0.2, 0.25) is 5.91 Å². The molecule has 0 aromatic carbocycles. The number of hydrogen-bond donors (Lipinski definition) is 4. The molecular weight excluding hydrogens is 122 g/mol. The minimum absolute atomic E-state index is 0.108. The van der Waals surface area contributed by atoms with Gasteiger partial charge in [-0.3, -0.25) is 16.1 Å². The Kier molecular flexibility index (Phi) is 12.9. The smallest absolute Gasteiger partial charge is 0.214 e. The number of aliphatic hydroxyl groups excluding tert-OH is 1. The number of amides is 1. The Labute approximate surface area is 54.0 Å². The zero-order valence-electron chi connectivity index (χ0n) is 5.42. The van der Waals surface area contributed by atoms with E-state index in [1.54, 1.807) is 0 Å². The molecule has 0 fully saturated rings. The van der Waals surface area contributed by atoms with Gasteiger partial charge in [-0.15, -0.1) is 0 Å². The number of hydrogen-bond acceptors (Lipinski definition) is 4. The van der Waals surface area contributed by atoms with Crippen molar-refractivity contribution >= 4 is 5.91 Å². The van der Waals surface area contributed by atoms with Crippen molar-refractivity contribution in [1.82, 2.24) is 5.43 Å². The minimum atomic E-state index is -0.333. The van der Waals surface area contributed by atoms with Crippen molar-refractivity contribution in [3.63, 3.8) is 0 Å². The summed E-state index contributed by atoms with van der Waals surface area (Å²) in [7, 11) is 0. The third-order valence-corrected chi connectivity index (χ3v) is 0.256. The largest absolute Gasteiger partial charge is 0.395 e. The molecule has 6 N–H and O–H groups in total. The maximum absolute atomic E-state index is 9.22. The van der Waals surface area contributed by atoms with Crippen LogP contribution in [0.5, 0.6) is 0 Å². The van der Waals surface area contributed by atoms with E-state index in [2.05, 4.69) is 11.2 Å². The van der Waals surface area contributed by atoms with Crippen molar-refractivity contribution in [2.75, 3.05) is 13.2 Å². The summed E-state index contributed by atoms with van der Waals surface area (Å²) < 4.78 is 0. The number of nitrogens with two attached hydrogens (primary N) is 2. The van der Waals surface area contributed by atoms with Crippen molar-refractivity contribution in [1.29, 1.82) is 0 Å². The second-order valence-electron chi connectivity index (χ2n) is 1.29. The molecule has 1 amide bonds. The number of aliphatic hydroxyl groups is 1. The fourth-order valence-corrected chi connectivity index (χ4v) is 0.0645. The van der Waals surface area contributed by atoms with Gasteiger partial charge in [-0.2, -0.15) is 0 Å². The molecule has 0 aliphatic carbocycles. The highest BCUT2D eigenvalue weighted by molar-refractivity contribution is 5.70. The lowest BCUT2D eigenvalue weighted by Crippen LogP contribution is -2.24. The first-order chi connectivity index (χ1) is 4.15. The number of carbonyl (C=O) groups excluding carboxylic acids is 1. The lowest BCUT2D eigenvalue weighted by Gasteiger charge is -1.84. The average molecular weight is 135 g/mol. The van der Waals surface area contributed by atoms with E-state index in [0.29, 0.717) is 6.54 Å². The van der Waals surface area contributed by atoms with Gasteiger partial charge in [-0.25, -0.2) is 0 Å². The SMILES string of the molecule is CC(N)=O.NNCCO. The first kappa shape index (κ1) is 11.2. The highest BCUT2D eigenvalue weighted by Gasteiger charge is 1.66. The average Bonchev–Trinajstić information content (AvgIpc) is 1.66. The Hall–Kier alpha value is -0.650. The summed E-state index contributed by atoms with van der Waals surface area (Å²) >= 11 is 0. The fraction of sp³-hybridized carbons (Fsp3) is 0.750. The normalized spacial score (nSPS) is 7.44. The standard InChI is InChI=1S/C2H8N2O.C2H5NO/c3-4-1-2-5;1-2(3)4/h4-5H,1-3H2;1H3,(H2,3,4). The second kappa shape index (κ2) is 10.4. The molecule has 0 aliphatic rings. The van der Waals surface area contributed by atoms with E-state index in [1.165, 1.54) is 6.92 Å². The van der Waals surface area contributed by atoms with Crippen LogP contribution in [0.3, 0.4) is 0 Å². The Morgan fingerprint density at radius 1 is 1.78 bits per heavy atom. The van der Waals surface area contributed by atoms with Crippen LogP contribution in [0.1, 0.15) is 6.92 Å². The van der Waals surface area contributed by atoms with Crippen LogP contribution in [0.15, 0.2) is 0 Å². The van der Waals surface area contributed by atoms with E-state index in [9.17, 15) is 4.79 Å². The maximum Gasteiger partial charge on any atom is 0.214 e. The number of primary amides is 1. The number of carbonyl (C=O) groups is 1. The van der Waals surface area contributed by atoms with Crippen molar-refractivity contribution in [3.05, 3.63) is 0 Å². The van der Waals surface area contributed by atoms with Gasteiger partial charge in [0.25, 0.3) is 0 Å². The van der Waals surface area contributed by atoms with E-state index in [4.69, 9.17) is 10.9 Å².